The first-order valence-corrected chi connectivity index (χ1v) is 9.56. The zero-order chi connectivity index (χ0) is 19.5. The summed E-state index contributed by atoms with van der Waals surface area (Å²) in [6, 6.07) is 12.1. The summed E-state index contributed by atoms with van der Waals surface area (Å²) < 4.78 is 34.9. The summed E-state index contributed by atoms with van der Waals surface area (Å²) in [4.78, 5) is 12.7. The number of esters is 1. The summed E-state index contributed by atoms with van der Waals surface area (Å²) >= 11 is 0.986. The Hall–Kier alpha value is -2.84. The second-order valence-electron chi connectivity index (χ2n) is 6.20. The average molecular weight is 400 g/mol. The number of nitrogens with zero attached hydrogens (tertiary/aromatic N) is 2. The largest absolute Gasteiger partial charge is 0.460 e. The number of aryl methyl sites for hydroxylation is 1. The van der Waals surface area contributed by atoms with E-state index in [4.69, 9.17) is 14.2 Å². The lowest BCUT2D eigenvalue weighted by atomic mass is 10.1. The van der Waals surface area contributed by atoms with Gasteiger partial charge in [-0.1, -0.05) is 41.7 Å². The van der Waals surface area contributed by atoms with Crippen molar-refractivity contribution >= 4 is 17.5 Å². The molecule has 0 unspecified atom stereocenters. The average Bonchev–Trinajstić information content (AvgIpc) is 3.21. The number of fused-ring (bicyclic) bond motifs is 1. The lowest BCUT2D eigenvalue weighted by Crippen LogP contribution is -2.20. The van der Waals surface area contributed by atoms with Crippen LogP contribution in [0.1, 0.15) is 45.3 Å². The van der Waals surface area contributed by atoms with E-state index in [1.54, 1.807) is 0 Å². The van der Waals surface area contributed by atoms with Crippen LogP contribution in [0.25, 0.3) is 0 Å². The molecule has 1 aliphatic heterocycles. The van der Waals surface area contributed by atoms with Gasteiger partial charge in [-0.25, -0.2) is 9.18 Å². The molecular formula is C20H17FN2O4S. The van der Waals surface area contributed by atoms with Gasteiger partial charge in [0.15, 0.2) is 4.88 Å². The van der Waals surface area contributed by atoms with Crippen molar-refractivity contribution in [1.29, 1.82) is 0 Å². The van der Waals surface area contributed by atoms with E-state index in [-0.39, 0.29) is 13.2 Å². The smallest absolute Gasteiger partial charge is 0.352 e. The first kappa shape index (κ1) is 18.5. The van der Waals surface area contributed by atoms with Gasteiger partial charge in [0.2, 0.25) is 6.29 Å². The Kier molecular flexibility index (Phi) is 5.31. The zero-order valence-electron chi connectivity index (χ0n) is 15.1. The van der Waals surface area contributed by atoms with Crippen LogP contribution >= 0.6 is 11.5 Å². The molecule has 28 heavy (non-hydrogen) atoms. The fourth-order valence-electron chi connectivity index (χ4n) is 2.96. The van der Waals surface area contributed by atoms with Crippen LogP contribution in [0.15, 0.2) is 42.5 Å². The third-order valence-electron chi connectivity index (χ3n) is 4.33. The first-order valence-electron chi connectivity index (χ1n) is 8.78. The van der Waals surface area contributed by atoms with E-state index < -0.39 is 18.1 Å². The molecule has 0 saturated carbocycles. The van der Waals surface area contributed by atoms with Crippen molar-refractivity contribution in [2.45, 2.75) is 32.8 Å². The Balaban J connectivity index is 1.55. The van der Waals surface area contributed by atoms with E-state index in [2.05, 4.69) is 9.59 Å². The van der Waals surface area contributed by atoms with Crippen LogP contribution in [0.5, 0.6) is 5.75 Å². The summed E-state index contributed by atoms with van der Waals surface area (Å²) in [5, 5.41) is 3.91. The van der Waals surface area contributed by atoms with E-state index in [0.29, 0.717) is 33.9 Å². The molecule has 1 atom stereocenters. The molecule has 2 aromatic carbocycles. The molecule has 2 heterocycles. The van der Waals surface area contributed by atoms with Gasteiger partial charge in [0.1, 0.15) is 18.2 Å². The minimum atomic E-state index is -0.606. The van der Waals surface area contributed by atoms with E-state index in [9.17, 15) is 9.18 Å². The van der Waals surface area contributed by atoms with Crippen molar-refractivity contribution in [2.24, 2.45) is 0 Å². The molecular weight excluding hydrogens is 383 g/mol. The Bertz CT molecular complexity index is 993. The van der Waals surface area contributed by atoms with Crippen LogP contribution in [0, 0.1) is 5.82 Å². The van der Waals surface area contributed by atoms with Gasteiger partial charge in [0.05, 0.1) is 12.3 Å². The van der Waals surface area contributed by atoms with Crippen molar-refractivity contribution in [3.8, 4) is 5.75 Å². The number of hydrogen-bond donors (Lipinski definition) is 0. The van der Waals surface area contributed by atoms with E-state index in [1.165, 1.54) is 12.1 Å². The van der Waals surface area contributed by atoms with Crippen LogP contribution in [-0.2, 0) is 29.1 Å². The Morgan fingerprint density at radius 2 is 2.14 bits per heavy atom. The number of halogens is 1. The predicted molar refractivity (Wildman–Crippen MR) is 99.4 cm³/mol. The molecule has 3 aromatic rings. The number of rotatable bonds is 5. The van der Waals surface area contributed by atoms with E-state index >= 15 is 0 Å². The van der Waals surface area contributed by atoms with Crippen molar-refractivity contribution in [1.82, 2.24) is 9.59 Å². The number of aromatic nitrogens is 2. The number of benzene rings is 2. The van der Waals surface area contributed by atoms with Gasteiger partial charge in [-0.15, -0.1) is 5.10 Å². The second-order valence-corrected chi connectivity index (χ2v) is 6.96. The van der Waals surface area contributed by atoms with Crippen molar-refractivity contribution in [3.63, 3.8) is 0 Å². The van der Waals surface area contributed by atoms with Crippen LogP contribution in [0.4, 0.5) is 4.39 Å². The first-order chi connectivity index (χ1) is 13.7. The fraction of sp³-hybridized carbons (Fsp3) is 0.250. The Morgan fingerprint density at radius 3 is 2.93 bits per heavy atom. The van der Waals surface area contributed by atoms with E-state index in [1.807, 2.05) is 37.3 Å². The van der Waals surface area contributed by atoms with Crippen molar-refractivity contribution in [3.05, 3.63) is 75.5 Å². The molecule has 0 aliphatic carbocycles. The zero-order valence-corrected chi connectivity index (χ0v) is 15.9. The van der Waals surface area contributed by atoms with Crippen LogP contribution in [0.2, 0.25) is 0 Å². The van der Waals surface area contributed by atoms with Crippen LogP contribution in [-0.4, -0.2) is 15.6 Å². The third kappa shape index (κ3) is 3.74. The number of ether oxygens (including phenoxy) is 3. The molecule has 0 radical (unpaired) electrons. The summed E-state index contributed by atoms with van der Waals surface area (Å²) in [6.07, 6.45) is -0.0267. The highest BCUT2D eigenvalue weighted by Crippen LogP contribution is 2.37. The molecule has 0 saturated heterocycles. The van der Waals surface area contributed by atoms with Gasteiger partial charge >= 0.3 is 5.97 Å². The molecule has 0 N–H and O–H groups in total. The second kappa shape index (κ2) is 8.04. The summed E-state index contributed by atoms with van der Waals surface area (Å²) in [7, 11) is 0. The summed E-state index contributed by atoms with van der Waals surface area (Å²) in [6.45, 7) is 1.96. The van der Waals surface area contributed by atoms with Crippen LogP contribution < -0.4 is 4.74 Å². The molecule has 1 aliphatic rings. The fourth-order valence-corrected chi connectivity index (χ4v) is 3.61. The number of carbonyl (C=O) groups is 1. The SMILES string of the molecule is CCc1nnsc1C(=O)OCc1cc(F)cc2c1O[C@H](c1ccccc1)OC2. The van der Waals surface area contributed by atoms with Crippen molar-refractivity contribution < 1.29 is 23.4 Å². The van der Waals surface area contributed by atoms with Gasteiger partial charge in [0, 0.05) is 16.7 Å². The molecule has 0 spiro atoms. The number of carbonyl (C=O) groups excluding carboxylic acids is 1. The maximum Gasteiger partial charge on any atom is 0.352 e. The normalized spacial score (nSPS) is 15.6. The van der Waals surface area contributed by atoms with Gasteiger partial charge < -0.3 is 14.2 Å². The summed E-state index contributed by atoms with van der Waals surface area (Å²) in [5.74, 6) is -0.493. The number of hydrogen-bond acceptors (Lipinski definition) is 7. The maximum absolute atomic E-state index is 14.0. The lowest BCUT2D eigenvalue weighted by molar-refractivity contribution is -0.112. The van der Waals surface area contributed by atoms with Gasteiger partial charge in [-0.2, -0.15) is 0 Å². The van der Waals surface area contributed by atoms with Gasteiger partial charge in [0.25, 0.3) is 0 Å². The highest BCUT2D eigenvalue weighted by molar-refractivity contribution is 7.07. The molecule has 8 heteroatoms. The molecule has 1 aromatic heterocycles. The topological polar surface area (TPSA) is 70.5 Å². The standard InChI is InChI=1S/C20H17FN2O4S/c1-2-16-18(28-23-22-16)19(24)25-10-13-8-15(21)9-14-11-26-20(27-17(13)14)12-6-4-3-5-7-12/h3-9,20H,2,10-11H2,1H3/t20-/m1/s1. The highest BCUT2D eigenvalue weighted by Gasteiger charge is 2.26. The molecule has 0 amide bonds. The molecule has 0 fully saturated rings. The molecule has 4 rings (SSSR count). The van der Waals surface area contributed by atoms with Gasteiger partial charge in [-0.05, 0) is 30.1 Å². The summed E-state index contributed by atoms with van der Waals surface area (Å²) in [5.41, 5.74) is 2.46. The van der Waals surface area contributed by atoms with Gasteiger partial charge in [-0.3, -0.25) is 0 Å². The quantitative estimate of drug-likeness (QED) is 0.598. The third-order valence-corrected chi connectivity index (χ3v) is 5.08. The Morgan fingerprint density at radius 1 is 1.32 bits per heavy atom. The predicted octanol–water partition coefficient (Wildman–Crippen LogP) is 4.20. The van der Waals surface area contributed by atoms with Crippen molar-refractivity contribution in [2.75, 3.05) is 0 Å². The molecule has 144 valence electrons. The minimum Gasteiger partial charge on any atom is -0.460 e. The Labute approximate surface area is 165 Å². The highest BCUT2D eigenvalue weighted by atomic mass is 32.1. The lowest BCUT2D eigenvalue weighted by Gasteiger charge is -2.28. The van der Waals surface area contributed by atoms with E-state index in [0.717, 1.165) is 17.1 Å². The minimum absolute atomic E-state index is 0.124. The van der Waals surface area contributed by atoms with Crippen LogP contribution in [0.3, 0.4) is 0 Å². The molecule has 0 bridgehead atoms. The maximum atomic E-state index is 14.0. The molecule has 6 nitrogen and oxygen atoms in total. The monoisotopic (exact) mass is 400 g/mol.